The summed E-state index contributed by atoms with van der Waals surface area (Å²) >= 11 is 0. The van der Waals surface area contributed by atoms with Crippen LogP contribution in [0.1, 0.15) is 89.0 Å². The quantitative estimate of drug-likeness (QED) is 0.672. The Bertz CT molecular complexity index is 980. The molecule has 1 N–H and O–H groups in total. The Morgan fingerprint density at radius 3 is 1.74 bits per heavy atom. The molecule has 2 amide bonds. The van der Waals surface area contributed by atoms with Gasteiger partial charge in [-0.1, -0.05) is 0 Å². The van der Waals surface area contributed by atoms with Gasteiger partial charge in [0, 0.05) is 23.5 Å². The van der Waals surface area contributed by atoms with Crippen LogP contribution in [-0.4, -0.2) is 32.8 Å². The zero-order valence-corrected chi connectivity index (χ0v) is 20.2. The topological polar surface area (TPSA) is 62.3 Å². The second kappa shape index (κ2) is 6.64. The molecule has 8 saturated carbocycles. The molecule has 0 aromatic carbocycles. The first-order valence-electron chi connectivity index (χ1n) is 14.0. The van der Waals surface area contributed by atoms with E-state index >= 15 is 0 Å². The van der Waals surface area contributed by atoms with Crippen LogP contribution in [0.5, 0.6) is 0 Å². The summed E-state index contributed by atoms with van der Waals surface area (Å²) in [6.45, 7) is 0. The van der Waals surface area contributed by atoms with Crippen LogP contribution in [0.3, 0.4) is 0 Å². The molecule has 34 heavy (non-hydrogen) atoms. The molecule has 9 aliphatic rings. The highest BCUT2D eigenvalue weighted by atomic mass is 16.2. The molecule has 8 bridgehead atoms. The maximum atomic E-state index is 14.6. The van der Waals surface area contributed by atoms with Gasteiger partial charge in [0.15, 0.2) is 5.54 Å². The third-order valence-corrected chi connectivity index (χ3v) is 11.5. The monoisotopic (exact) mass is 459 g/mol. The van der Waals surface area contributed by atoms with Crippen LogP contribution in [0, 0.1) is 35.5 Å². The Morgan fingerprint density at radius 1 is 0.794 bits per heavy atom. The molecule has 2 heterocycles. The molecule has 5 nitrogen and oxygen atoms in total. The van der Waals surface area contributed by atoms with Crippen molar-refractivity contribution in [3.05, 3.63) is 30.1 Å². The van der Waals surface area contributed by atoms with Gasteiger partial charge in [-0.3, -0.25) is 14.6 Å². The molecule has 1 aromatic heterocycles. The van der Waals surface area contributed by atoms with E-state index in [0.29, 0.717) is 6.42 Å². The zero-order chi connectivity index (χ0) is 22.7. The largest absolute Gasteiger partial charge is 0.348 e. The molecule has 1 unspecified atom stereocenters. The molecular weight excluding hydrogens is 422 g/mol. The minimum Gasteiger partial charge on any atom is -0.348 e. The molecule has 1 atom stereocenters. The van der Waals surface area contributed by atoms with E-state index < -0.39 is 5.54 Å². The Kier molecular flexibility index (Phi) is 3.97. The molecule has 0 spiro atoms. The van der Waals surface area contributed by atoms with E-state index in [9.17, 15) is 9.59 Å². The van der Waals surface area contributed by atoms with Gasteiger partial charge < -0.3 is 10.2 Å². The molecular formula is C29H37N3O2. The van der Waals surface area contributed by atoms with E-state index in [1.807, 2.05) is 12.1 Å². The Balaban J connectivity index is 1.19. The number of nitrogens with zero attached hydrogens (tertiary/aromatic N) is 2. The third-order valence-electron chi connectivity index (χ3n) is 11.5. The first kappa shape index (κ1) is 20.3. The lowest BCUT2D eigenvalue weighted by Gasteiger charge is -2.67. The lowest BCUT2D eigenvalue weighted by atomic mass is 9.50. The number of amides is 2. The molecule has 10 rings (SSSR count). The predicted octanol–water partition coefficient (Wildman–Crippen LogP) is 4.56. The highest BCUT2D eigenvalue weighted by Crippen LogP contribution is 2.63. The summed E-state index contributed by atoms with van der Waals surface area (Å²) in [7, 11) is 0. The maximum Gasteiger partial charge on any atom is 0.251 e. The highest BCUT2D eigenvalue weighted by Gasteiger charge is 2.68. The summed E-state index contributed by atoms with van der Waals surface area (Å²) in [6, 6.07) is 4.00. The van der Waals surface area contributed by atoms with Gasteiger partial charge in [0.05, 0.1) is 6.42 Å². The van der Waals surface area contributed by atoms with Gasteiger partial charge in [-0.2, -0.15) is 0 Å². The van der Waals surface area contributed by atoms with Crippen LogP contribution in [0.2, 0.25) is 0 Å². The van der Waals surface area contributed by atoms with Crippen LogP contribution in [0.25, 0.3) is 0 Å². The number of likely N-dealkylation sites (tertiary alicyclic amines) is 1. The van der Waals surface area contributed by atoms with Crippen LogP contribution in [0.15, 0.2) is 24.5 Å². The Labute approximate surface area is 202 Å². The molecule has 0 radical (unpaired) electrons. The van der Waals surface area contributed by atoms with Crippen molar-refractivity contribution in [3.63, 3.8) is 0 Å². The van der Waals surface area contributed by atoms with Crippen molar-refractivity contribution in [1.82, 2.24) is 15.2 Å². The summed E-state index contributed by atoms with van der Waals surface area (Å²) in [5, 5.41) is 3.70. The lowest BCUT2D eigenvalue weighted by molar-refractivity contribution is -0.201. The number of carbonyl (C=O) groups is 2. The second-order valence-electron chi connectivity index (χ2n) is 13.8. The number of β-lactam (4-membered cyclic amide) rings is 1. The van der Waals surface area contributed by atoms with Gasteiger partial charge in [0.1, 0.15) is 0 Å². The van der Waals surface area contributed by atoms with Gasteiger partial charge in [-0.15, -0.1) is 0 Å². The van der Waals surface area contributed by atoms with E-state index in [1.165, 1.54) is 38.5 Å². The van der Waals surface area contributed by atoms with Crippen molar-refractivity contribution in [2.75, 3.05) is 0 Å². The number of aromatic nitrogens is 1. The van der Waals surface area contributed by atoms with E-state index in [2.05, 4.69) is 15.2 Å². The number of carbonyl (C=O) groups excluding carboxylic acids is 2. The van der Waals surface area contributed by atoms with Crippen LogP contribution >= 0.6 is 0 Å². The number of hydrogen-bond donors (Lipinski definition) is 1. The van der Waals surface area contributed by atoms with Crippen LogP contribution in [-0.2, 0) is 15.1 Å². The van der Waals surface area contributed by atoms with Crippen molar-refractivity contribution in [1.29, 1.82) is 0 Å². The van der Waals surface area contributed by atoms with Crippen molar-refractivity contribution in [2.45, 2.75) is 100 Å². The molecule has 1 saturated heterocycles. The minimum atomic E-state index is -0.852. The van der Waals surface area contributed by atoms with Gasteiger partial charge in [0.2, 0.25) is 5.91 Å². The van der Waals surface area contributed by atoms with Gasteiger partial charge in [0.25, 0.3) is 5.91 Å². The first-order valence-corrected chi connectivity index (χ1v) is 14.0. The number of hydrogen-bond acceptors (Lipinski definition) is 3. The van der Waals surface area contributed by atoms with Crippen molar-refractivity contribution >= 4 is 11.8 Å². The average molecular weight is 460 g/mol. The maximum absolute atomic E-state index is 14.6. The van der Waals surface area contributed by atoms with Crippen molar-refractivity contribution in [3.8, 4) is 0 Å². The van der Waals surface area contributed by atoms with E-state index in [4.69, 9.17) is 0 Å². The normalized spacial score (nSPS) is 49.9. The predicted molar refractivity (Wildman–Crippen MR) is 127 cm³/mol. The molecule has 5 heteroatoms. The SMILES string of the molecule is O=C1CC(C(=O)NC23CC4CC(CC(C4)C2)C3)(c2ccncc2)N1C12CC3CC(CC(C3)C1)C2. The van der Waals surface area contributed by atoms with Crippen LogP contribution < -0.4 is 5.32 Å². The summed E-state index contributed by atoms with van der Waals surface area (Å²) in [6.07, 6.45) is 18.7. The van der Waals surface area contributed by atoms with Gasteiger partial charge in [-0.05, 0) is 130 Å². The Hall–Kier alpha value is -1.91. The fraction of sp³-hybridized carbons (Fsp3) is 0.759. The van der Waals surface area contributed by atoms with Crippen molar-refractivity contribution < 1.29 is 9.59 Å². The lowest BCUT2D eigenvalue weighted by Crippen LogP contribution is -2.78. The smallest absolute Gasteiger partial charge is 0.251 e. The van der Waals surface area contributed by atoms with Crippen molar-refractivity contribution in [2.24, 2.45) is 35.5 Å². The summed E-state index contributed by atoms with van der Waals surface area (Å²) in [5.74, 6) is 4.86. The molecule has 8 aliphatic carbocycles. The zero-order valence-electron chi connectivity index (χ0n) is 20.2. The Morgan fingerprint density at radius 2 is 1.26 bits per heavy atom. The number of nitrogens with one attached hydrogen (secondary N) is 1. The number of rotatable bonds is 4. The number of pyridine rings is 1. The molecule has 1 aliphatic heterocycles. The summed E-state index contributed by atoms with van der Waals surface area (Å²) in [5.41, 5.74) is -0.0428. The second-order valence-corrected chi connectivity index (χ2v) is 13.8. The van der Waals surface area contributed by atoms with E-state index in [1.54, 1.807) is 12.4 Å². The average Bonchev–Trinajstić information content (AvgIpc) is 2.75. The molecule has 9 fully saturated rings. The minimum absolute atomic E-state index is 0.0440. The highest BCUT2D eigenvalue weighted by molar-refractivity contribution is 6.03. The van der Waals surface area contributed by atoms with Gasteiger partial charge in [-0.25, -0.2) is 0 Å². The summed E-state index contributed by atoms with van der Waals surface area (Å²) < 4.78 is 0. The van der Waals surface area contributed by atoms with Gasteiger partial charge >= 0.3 is 0 Å². The fourth-order valence-corrected chi connectivity index (χ4v) is 11.3. The van der Waals surface area contributed by atoms with E-state index in [-0.39, 0.29) is 22.9 Å². The van der Waals surface area contributed by atoms with E-state index in [0.717, 1.165) is 79.6 Å². The molecule has 180 valence electrons. The molecule has 1 aromatic rings. The standard InChI is InChI=1S/C29H37N3O2/c33-25-17-29(24-1-3-30-4-2-24,32(25)28-14-21-8-22(15-28)10-23(9-21)16-28)26(34)31-27-11-18-5-19(12-27)7-20(6-18)13-27/h1-4,18-23H,5-17H2,(H,31,34). The van der Waals surface area contributed by atoms with Crippen LogP contribution in [0.4, 0.5) is 0 Å². The first-order chi connectivity index (χ1) is 16.5. The fourth-order valence-electron chi connectivity index (χ4n) is 11.3. The summed E-state index contributed by atoms with van der Waals surface area (Å²) in [4.78, 5) is 34.5. The third kappa shape index (κ3) is 2.65.